The molecule has 4 nitrogen and oxygen atoms in total. The third-order valence-electron chi connectivity index (χ3n) is 4.60. The predicted molar refractivity (Wildman–Crippen MR) is 89.1 cm³/mol. The number of aryl methyl sites for hydroxylation is 1. The van der Waals surface area contributed by atoms with Crippen LogP contribution in [-0.4, -0.2) is 49.4 Å². The highest BCUT2D eigenvalue weighted by atomic mass is 19.1. The van der Waals surface area contributed by atoms with Crippen molar-refractivity contribution in [2.75, 3.05) is 33.4 Å². The average Bonchev–Trinajstić information content (AvgIpc) is 3.15. The zero-order chi connectivity index (χ0) is 16.2. The molecule has 0 radical (unpaired) electrons. The summed E-state index contributed by atoms with van der Waals surface area (Å²) in [6.45, 7) is 6.18. The van der Waals surface area contributed by atoms with E-state index in [9.17, 15) is 4.39 Å². The molecule has 1 atom stereocenters. The number of nitrogens with zero attached hydrogens (tertiary/aromatic N) is 1. The number of ether oxygens (including phenoxy) is 2. The number of benzene rings is 1. The van der Waals surface area contributed by atoms with Crippen molar-refractivity contribution in [3.63, 3.8) is 0 Å². The summed E-state index contributed by atoms with van der Waals surface area (Å²) in [6.07, 6.45) is 2.59. The number of fused-ring (bicyclic) bond motifs is 1. The van der Waals surface area contributed by atoms with Crippen molar-refractivity contribution >= 4 is 10.9 Å². The summed E-state index contributed by atoms with van der Waals surface area (Å²) in [5, 5.41) is 0.962. The lowest BCUT2D eigenvalue weighted by Crippen LogP contribution is -2.34. The Labute approximate surface area is 136 Å². The van der Waals surface area contributed by atoms with E-state index in [1.807, 2.05) is 6.92 Å². The molecule has 1 N–H and O–H groups in total. The van der Waals surface area contributed by atoms with Gasteiger partial charge in [-0.2, -0.15) is 0 Å². The molecule has 2 aromatic rings. The topological polar surface area (TPSA) is 37.5 Å². The average molecular weight is 320 g/mol. The minimum Gasteiger partial charge on any atom is -0.383 e. The standard InChI is InChI=1S/C18H25FN2O2/c1-13-16-10-14(19)5-6-17(16)20-18(13)12-21(7-9-22-2)11-15-4-3-8-23-15/h5-6,10,15,20H,3-4,7-9,11-12H2,1-2H3. The molecule has 0 saturated carbocycles. The van der Waals surface area contributed by atoms with Crippen LogP contribution in [0.2, 0.25) is 0 Å². The smallest absolute Gasteiger partial charge is 0.123 e. The van der Waals surface area contributed by atoms with Crippen LogP contribution in [0.3, 0.4) is 0 Å². The van der Waals surface area contributed by atoms with Gasteiger partial charge < -0.3 is 14.5 Å². The number of hydrogen-bond donors (Lipinski definition) is 1. The van der Waals surface area contributed by atoms with Crippen molar-refractivity contribution in [2.24, 2.45) is 0 Å². The van der Waals surface area contributed by atoms with Gasteiger partial charge in [-0.15, -0.1) is 0 Å². The van der Waals surface area contributed by atoms with Crippen molar-refractivity contribution in [1.82, 2.24) is 9.88 Å². The van der Waals surface area contributed by atoms with E-state index in [1.165, 1.54) is 6.07 Å². The van der Waals surface area contributed by atoms with Crippen LogP contribution < -0.4 is 0 Å². The Morgan fingerprint density at radius 3 is 3.04 bits per heavy atom. The minimum absolute atomic E-state index is 0.193. The monoisotopic (exact) mass is 320 g/mol. The first-order valence-corrected chi connectivity index (χ1v) is 8.27. The second-order valence-corrected chi connectivity index (χ2v) is 6.28. The number of rotatable bonds is 7. The van der Waals surface area contributed by atoms with Crippen molar-refractivity contribution in [2.45, 2.75) is 32.4 Å². The van der Waals surface area contributed by atoms with Gasteiger partial charge in [0.1, 0.15) is 5.82 Å². The number of nitrogens with one attached hydrogen (secondary N) is 1. The Morgan fingerprint density at radius 2 is 2.30 bits per heavy atom. The van der Waals surface area contributed by atoms with Crippen molar-refractivity contribution in [1.29, 1.82) is 0 Å². The fourth-order valence-electron chi connectivity index (χ4n) is 3.27. The van der Waals surface area contributed by atoms with Crippen LogP contribution in [0, 0.1) is 12.7 Å². The Balaban J connectivity index is 1.76. The second kappa shape index (κ2) is 7.43. The van der Waals surface area contributed by atoms with Crippen LogP contribution in [0.25, 0.3) is 10.9 Å². The number of H-pyrrole nitrogens is 1. The molecule has 1 aliphatic rings. The molecule has 1 unspecified atom stereocenters. The largest absolute Gasteiger partial charge is 0.383 e. The molecule has 1 aromatic carbocycles. The summed E-state index contributed by atoms with van der Waals surface area (Å²) in [5.74, 6) is -0.193. The van der Waals surface area contributed by atoms with E-state index in [-0.39, 0.29) is 5.82 Å². The normalized spacial score (nSPS) is 18.3. The van der Waals surface area contributed by atoms with Crippen LogP contribution in [0.15, 0.2) is 18.2 Å². The lowest BCUT2D eigenvalue weighted by molar-refractivity contribution is 0.0583. The summed E-state index contributed by atoms with van der Waals surface area (Å²) >= 11 is 0. The number of halogens is 1. The first-order valence-electron chi connectivity index (χ1n) is 8.27. The molecule has 1 aromatic heterocycles. The molecule has 126 valence electrons. The van der Waals surface area contributed by atoms with Crippen LogP contribution >= 0.6 is 0 Å². The molecule has 1 fully saturated rings. The zero-order valence-electron chi connectivity index (χ0n) is 13.9. The van der Waals surface area contributed by atoms with Crippen LogP contribution in [0.5, 0.6) is 0 Å². The van der Waals surface area contributed by atoms with Gasteiger partial charge in [0.05, 0.1) is 12.7 Å². The molecule has 0 spiro atoms. The van der Waals surface area contributed by atoms with Crippen LogP contribution in [-0.2, 0) is 16.0 Å². The Hall–Kier alpha value is -1.43. The maximum Gasteiger partial charge on any atom is 0.123 e. The maximum absolute atomic E-state index is 13.5. The third-order valence-corrected chi connectivity index (χ3v) is 4.60. The molecule has 3 rings (SSSR count). The van der Waals surface area contributed by atoms with Gasteiger partial charge in [-0.1, -0.05) is 0 Å². The van der Waals surface area contributed by atoms with E-state index in [4.69, 9.17) is 9.47 Å². The predicted octanol–water partition coefficient (Wildman–Crippen LogP) is 3.24. The Morgan fingerprint density at radius 1 is 1.43 bits per heavy atom. The van der Waals surface area contributed by atoms with E-state index in [0.717, 1.165) is 61.2 Å². The molecular formula is C18H25FN2O2. The van der Waals surface area contributed by atoms with Gasteiger partial charge in [0.25, 0.3) is 0 Å². The number of aromatic amines is 1. The quantitative estimate of drug-likeness (QED) is 0.851. The number of methoxy groups -OCH3 is 1. The van der Waals surface area contributed by atoms with Gasteiger partial charge in [-0.25, -0.2) is 4.39 Å². The highest BCUT2D eigenvalue weighted by molar-refractivity contribution is 5.84. The maximum atomic E-state index is 13.5. The lowest BCUT2D eigenvalue weighted by Gasteiger charge is -2.24. The molecular weight excluding hydrogens is 295 g/mol. The third kappa shape index (κ3) is 3.91. The van der Waals surface area contributed by atoms with Crippen molar-refractivity contribution < 1.29 is 13.9 Å². The van der Waals surface area contributed by atoms with Crippen LogP contribution in [0.1, 0.15) is 24.1 Å². The van der Waals surface area contributed by atoms with Gasteiger partial charge in [-0.05, 0) is 43.5 Å². The highest BCUT2D eigenvalue weighted by Gasteiger charge is 2.20. The molecule has 1 saturated heterocycles. The molecule has 0 bridgehead atoms. The fourth-order valence-corrected chi connectivity index (χ4v) is 3.27. The SMILES string of the molecule is COCCN(Cc1[nH]c2ccc(F)cc2c1C)CC1CCCO1. The Bertz CT molecular complexity index is 650. The van der Waals surface area contributed by atoms with E-state index in [2.05, 4.69) is 9.88 Å². The molecule has 2 heterocycles. The van der Waals surface area contributed by atoms with E-state index < -0.39 is 0 Å². The van der Waals surface area contributed by atoms with E-state index >= 15 is 0 Å². The summed E-state index contributed by atoms with van der Waals surface area (Å²) in [5.41, 5.74) is 3.25. The number of aromatic nitrogens is 1. The fraction of sp³-hybridized carbons (Fsp3) is 0.556. The van der Waals surface area contributed by atoms with Crippen LogP contribution in [0.4, 0.5) is 4.39 Å². The number of hydrogen-bond acceptors (Lipinski definition) is 3. The van der Waals surface area contributed by atoms with Crippen molar-refractivity contribution in [3.05, 3.63) is 35.3 Å². The molecule has 23 heavy (non-hydrogen) atoms. The van der Waals surface area contributed by atoms with E-state index in [0.29, 0.717) is 12.7 Å². The van der Waals surface area contributed by atoms with Gasteiger partial charge in [0, 0.05) is 49.9 Å². The molecule has 0 amide bonds. The Kier molecular flexibility index (Phi) is 5.30. The first-order chi connectivity index (χ1) is 11.2. The van der Waals surface area contributed by atoms with E-state index in [1.54, 1.807) is 19.2 Å². The summed E-state index contributed by atoms with van der Waals surface area (Å²) in [7, 11) is 1.72. The molecule has 5 heteroatoms. The molecule has 0 aliphatic carbocycles. The molecule has 1 aliphatic heterocycles. The highest BCUT2D eigenvalue weighted by Crippen LogP contribution is 2.24. The lowest BCUT2D eigenvalue weighted by atomic mass is 10.1. The van der Waals surface area contributed by atoms with Gasteiger partial charge in [0.15, 0.2) is 0 Å². The summed E-state index contributed by atoms with van der Waals surface area (Å²) in [4.78, 5) is 5.79. The summed E-state index contributed by atoms with van der Waals surface area (Å²) in [6, 6.07) is 4.90. The van der Waals surface area contributed by atoms with Gasteiger partial charge >= 0.3 is 0 Å². The minimum atomic E-state index is -0.193. The summed E-state index contributed by atoms with van der Waals surface area (Å²) < 4.78 is 24.5. The van der Waals surface area contributed by atoms with Crippen molar-refractivity contribution in [3.8, 4) is 0 Å². The van der Waals surface area contributed by atoms with Gasteiger partial charge in [0.2, 0.25) is 0 Å². The second-order valence-electron chi connectivity index (χ2n) is 6.28. The first kappa shape index (κ1) is 16.4. The zero-order valence-corrected chi connectivity index (χ0v) is 13.9. The van der Waals surface area contributed by atoms with Gasteiger partial charge in [-0.3, -0.25) is 4.90 Å².